The van der Waals surface area contributed by atoms with Gasteiger partial charge in [0, 0.05) is 18.0 Å². The van der Waals surface area contributed by atoms with E-state index in [0.717, 1.165) is 49.8 Å². The lowest BCUT2D eigenvalue weighted by molar-refractivity contribution is -0.145. The number of aromatic nitrogens is 1. The third-order valence-electron chi connectivity index (χ3n) is 4.14. The largest absolute Gasteiger partial charge is 0.465 e. The maximum absolute atomic E-state index is 12.0. The van der Waals surface area contributed by atoms with Gasteiger partial charge in [-0.1, -0.05) is 6.92 Å². The van der Waals surface area contributed by atoms with Gasteiger partial charge in [-0.25, -0.2) is 4.98 Å². The molecule has 1 aromatic heterocycles. The second-order valence-electron chi connectivity index (χ2n) is 5.50. The number of morpholine rings is 1. The number of hydrogen-bond acceptors (Lipinski definition) is 6. The van der Waals surface area contributed by atoms with Crippen molar-refractivity contribution in [3.05, 3.63) is 10.6 Å². The SMILES string of the molecule is CCOC(=O)C1CCc2sc(N3CCOC(CC)C3)nc21. The normalized spacial score (nSPS) is 25.0. The molecule has 116 valence electrons. The lowest BCUT2D eigenvalue weighted by Gasteiger charge is -2.32. The van der Waals surface area contributed by atoms with Gasteiger partial charge < -0.3 is 14.4 Å². The summed E-state index contributed by atoms with van der Waals surface area (Å²) in [5.74, 6) is -0.283. The zero-order chi connectivity index (χ0) is 14.8. The molecule has 2 heterocycles. The highest BCUT2D eigenvalue weighted by molar-refractivity contribution is 7.15. The Hall–Kier alpha value is -1.14. The van der Waals surface area contributed by atoms with Gasteiger partial charge in [0.2, 0.25) is 0 Å². The van der Waals surface area contributed by atoms with Gasteiger partial charge in [0.15, 0.2) is 5.13 Å². The number of rotatable bonds is 4. The molecule has 3 rings (SSSR count). The Morgan fingerprint density at radius 1 is 1.52 bits per heavy atom. The summed E-state index contributed by atoms with van der Waals surface area (Å²) in [5.41, 5.74) is 0.952. The van der Waals surface area contributed by atoms with Gasteiger partial charge in [-0.05, 0) is 26.2 Å². The van der Waals surface area contributed by atoms with Gasteiger partial charge >= 0.3 is 5.97 Å². The molecule has 1 fully saturated rings. The highest BCUT2D eigenvalue weighted by Crippen LogP contribution is 2.40. The van der Waals surface area contributed by atoms with Gasteiger partial charge in [0.1, 0.15) is 5.92 Å². The molecule has 0 aromatic carbocycles. The van der Waals surface area contributed by atoms with E-state index in [-0.39, 0.29) is 11.9 Å². The van der Waals surface area contributed by atoms with Crippen molar-refractivity contribution in [1.82, 2.24) is 4.98 Å². The molecular formula is C15H22N2O3S. The monoisotopic (exact) mass is 310 g/mol. The molecule has 2 aliphatic rings. The molecule has 5 nitrogen and oxygen atoms in total. The summed E-state index contributed by atoms with van der Waals surface area (Å²) in [6, 6.07) is 0. The van der Waals surface area contributed by atoms with Gasteiger partial charge in [-0.2, -0.15) is 0 Å². The number of ether oxygens (including phenoxy) is 2. The van der Waals surface area contributed by atoms with Crippen LogP contribution in [0.3, 0.4) is 0 Å². The van der Waals surface area contributed by atoms with E-state index in [0.29, 0.717) is 12.7 Å². The van der Waals surface area contributed by atoms with E-state index in [1.54, 1.807) is 11.3 Å². The maximum Gasteiger partial charge on any atom is 0.315 e. The van der Waals surface area contributed by atoms with Crippen LogP contribution in [0.5, 0.6) is 0 Å². The highest BCUT2D eigenvalue weighted by atomic mass is 32.1. The number of carbonyl (C=O) groups is 1. The summed E-state index contributed by atoms with van der Waals surface area (Å²) in [4.78, 5) is 20.3. The van der Waals surface area contributed by atoms with Crippen molar-refractivity contribution in [2.75, 3.05) is 31.2 Å². The van der Waals surface area contributed by atoms with Gasteiger partial charge in [0.05, 0.1) is 25.0 Å². The van der Waals surface area contributed by atoms with Crippen molar-refractivity contribution in [2.45, 2.75) is 45.1 Å². The van der Waals surface area contributed by atoms with Crippen molar-refractivity contribution in [2.24, 2.45) is 0 Å². The topological polar surface area (TPSA) is 51.7 Å². The van der Waals surface area contributed by atoms with Crippen LogP contribution in [0.2, 0.25) is 0 Å². The third-order valence-corrected chi connectivity index (χ3v) is 5.33. The van der Waals surface area contributed by atoms with Crippen LogP contribution in [0.4, 0.5) is 5.13 Å². The molecule has 0 saturated carbocycles. The number of thiazole rings is 1. The van der Waals surface area contributed by atoms with Crippen LogP contribution in [0.1, 0.15) is 43.2 Å². The number of anilines is 1. The summed E-state index contributed by atoms with van der Waals surface area (Å²) < 4.78 is 10.9. The smallest absolute Gasteiger partial charge is 0.315 e. The molecule has 0 amide bonds. The quantitative estimate of drug-likeness (QED) is 0.799. The molecule has 2 unspecified atom stereocenters. The summed E-state index contributed by atoms with van der Waals surface area (Å²) in [7, 11) is 0. The highest BCUT2D eigenvalue weighted by Gasteiger charge is 2.34. The summed E-state index contributed by atoms with van der Waals surface area (Å²) in [6.45, 7) is 6.96. The predicted octanol–water partition coefficient (Wildman–Crippen LogP) is 2.35. The molecular weight excluding hydrogens is 288 g/mol. The predicted molar refractivity (Wildman–Crippen MR) is 82.1 cm³/mol. The average molecular weight is 310 g/mol. The maximum atomic E-state index is 12.0. The Labute approximate surface area is 129 Å². The van der Waals surface area contributed by atoms with E-state index < -0.39 is 0 Å². The minimum atomic E-state index is -0.159. The van der Waals surface area contributed by atoms with E-state index in [1.807, 2.05) is 6.92 Å². The fourth-order valence-corrected chi connectivity index (χ4v) is 4.13. The molecule has 1 saturated heterocycles. The molecule has 1 aliphatic carbocycles. The van der Waals surface area contributed by atoms with Crippen LogP contribution < -0.4 is 4.90 Å². The van der Waals surface area contributed by atoms with E-state index in [9.17, 15) is 4.79 Å². The Morgan fingerprint density at radius 3 is 3.14 bits per heavy atom. The first-order chi connectivity index (χ1) is 10.2. The summed E-state index contributed by atoms with van der Waals surface area (Å²) in [5, 5.41) is 1.04. The number of aryl methyl sites for hydroxylation is 1. The van der Waals surface area contributed by atoms with Crippen LogP contribution in [0, 0.1) is 0 Å². The number of esters is 1. The lowest BCUT2D eigenvalue weighted by Crippen LogP contribution is -2.42. The van der Waals surface area contributed by atoms with E-state index in [2.05, 4.69) is 11.8 Å². The van der Waals surface area contributed by atoms with Crippen LogP contribution in [0.15, 0.2) is 0 Å². The first-order valence-electron chi connectivity index (χ1n) is 7.75. The minimum Gasteiger partial charge on any atom is -0.465 e. The van der Waals surface area contributed by atoms with E-state index in [4.69, 9.17) is 14.5 Å². The minimum absolute atomic E-state index is 0.124. The Kier molecular flexibility index (Phi) is 4.45. The fraction of sp³-hybridized carbons (Fsp3) is 0.733. The molecule has 2 atom stereocenters. The van der Waals surface area contributed by atoms with Crippen molar-refractivity contribution >= 4 is 22.4 Å². The van der Waals surface area contributed by atoms with Crippen LogP contribution in [-0.4, -0.2) is 43.4 Å². The molecule has 1 aromatic rings. The molecule has 0 bridgehead atoms. The summed E-state index contributed by atoms with van der Waals surface area (Å²) >= 11 is 1.73. The molecule has 0 N–H and O–H groups in total. The third kappa shape index (κ3) is 2.92. The molecule has 6 heteroatoms. The molecule has 0 radical (unpaired) electrons. The van der Waals surface area contributed by atoms with E-state index >= 15 is 0 Å². The second-order valence-corrected chi connectivity index (χ2v) is 6.56. The molecule has 1 aliphatic heterocycles. The molecule has 0 spiro atoms. The van der Waals surface area contributed by atoms with Crippen LogP contribution >= 0.6 is 11.3 Å². The van der Waals surface area contributed by atoms with Crippen molar-refractivity contribution in [3.8, 4) is 0 Å². The Morgan fingerprint density at radius 2 is 2.38 bits per heavy atom. The number of nitrogens with zero attached hydrogens (tertiary/aromatic N) is 2. The van der Waals surface area contributed by atoms with Crippen molar-refractivity contribution in [1.29, 1.82) is 0 Å². The zero-order valence-electron chi connectivity index (χ0n) is 12.6. The number of fused-ring (bicyclic) bond motifs is 1. The Bertz CT molecular complexity index is 517. The first kappa shape index (κ1) is 14.8. The van der Waals surface area contributed by atoms with Gasteiger partial charge in [0.25, 0.3) is 0 Å². The van der Waals surface area contributed by atoms with Gasteiger partial charge in [-0.15, -0.1) is 11.3 Å². The van der Waals surface area contributed by atoms with Crippen molar-refractivity contribution in [3.63, 3.8) is 0 Å². The standard InChI is InChI=1S/C15H22N2O3S/c1-3-10-9-17(7-8-20-10)15-16-13-11(14(18)19-4-2)5-6-12(13)21-15/h10-11H,3-9H2,1-2H3. The number of carbonyl (C=O) groups excluding carboxylic acids is 1. The summed E-state index contributed by atoms with van der Waals surface area (Å²) in [6.07, 6.45) is 3.09. The lowest BCUT2D eigenvalue weighted by atomic mass is 10.1. The Balaban J connectivity index is 1.75. The second kappa shape index (κ2) is 6.32. The van der Waals surface area contributed by atoms with Crippen LogP contribution in [-0.2, 0) is 20.7 Å². The first-order valence-corrected chi connectivity index (χ1v) is 8.57. The average Bonchev–Trinajstić information content (AvgIpc) is 3.07. The molecule has 21 heavy (non-hydrogen) atoms. The number of hydrogen-bond donors (Lipinski definition) is 0. The van der Waals surface area contributed by atoms with Crippen LogP contribution in [0.25, 0.3) is 0 Å². The van der Waals surface area contributed by atoms with E-state index in [1.165, 1.54) is 4.88 Å². The van der Waals surface area contributed by atoms with Gasteiger partial charge in [-0.3, -0.25) is 4.79 Å². The van der Waals surface area contributed by atoms with Crippen molar-refractivity contribution < 1.29 is 14.3 Å². The fourth-order valence-electron chi connectivity index (χ4n) is 2.96. The zero-order valence-corrected chi connectivity index (χ0v) is 13.4.